The van der Waals surface area contributed by atoms with Gasteiger partial charge in [0.05, 0.1) is 11.6 Å². The van der Waals surface area contributed by atoms with Crippen molar-refractivity contribution >= 4 is 21.3 Å². The van der Waals surface area contributed by atoms with Gasteiger partial charge in [0.15, 0.2) is 5.75 Å². The van der Waals surface area contributed by atoms with Crippen molar-refractivity contribution in [1.29, 1.82) is 0 Å². The van der Waals surface area contributed by atoms with Gasteiger partial charge in [-0.05, 0) is 6.92 Å². The standard InChI is InChI=1S/C6H10N2OS/c1-2-9-4-3-5(7)10-6(4)8/h3H,2,7-8H2,1H3. The molecule has 4 heteroatoms. The van der Waals surface area contributed by atoms with Crippen molar-refractivity contribution in [3.63, 3.8) is 0 Å². The molecule has 56 valence electrons. The molecule has 0 saturated carbocycles. The molecular formula is C6H10N2OS. The molecule has 0 radical (unpaired) electrons. The normalized spacial score (nSPS) is 9.70. The predicted molar refractivity (Wildman–Crippen MR) is 44.3 cm³/mol. The number of thiophene rings is 1. The number of anilines is 2. The number of hydrogen-bond acceptors (Lipinski definition) is 4. The summed E-state index contributed by atoms with van der Waals surface area (Å²) in [7, 11) is 0. The highest BCUT2D eigenvalue weighted by Crippen LogP contribution is 2.33. The van der Waals surface area contributed by atoms with Gasteiger partial charge in [0.2, 0.25) is 0 Å². The highest BCUT2D eigenvalue weighted by atomic mass is 32.1. The minimum absolute atomic E-state index is 0.625. The Bertz CT molecular complexity index is 222. The summed E-state index contributed by atoms with van der Waals surface area (Å²) in [6.45, 7) is 2.54. The van der Waals surface area contributed by atoms with Gasteiger partial charge < -0.3 is 16.2 Å². The second-order valence-electron chi connectivity index (χ2n) is 1.81. The molecular weight excluding hydrogens is 148 g/mol. The molecule has 10 heavy (non-hydrogen) atoms. The first kappa shape index (κ1) is 7.21. The quantitative estimate of drug-likeness (QED) is 0.682. The van der Waals surface area contributed by atoms with E-state index < -0.39 is 0 Å². The molecule has 1 aromatic rings. The Morgan fingerprint density at radius 3 is 2.70 bits per heavy atom. The van der Waals surface area contributed by atoms with Gasteiger partial charge in [-0.3, -0.25) is 0 Å². The van der Waals surface area contributed by atoms with Gasteiger partial charge in [-0.2, -0.15) is 0 Å². The first-order valence-electron chi connectivity index (χ1n) is 3.01. The Hall–Kier alpha value is -0.900. The molecule has 1 aromatic heterocycles. The van der Waals surface area contributed by atoms with Gasteiger partial charge in [-0.15, -0.1) is 0 Å². The van der Waals surface area contributed by atoms with Crippen LogP contribution in [-0.2, 0) is 0 Å². The van der Waals surface area contributed by atoms with Crippen LogP contribution < -0.4 is 16.2 Å². The lowest BCUT2D eigenvalue weighted by atomic mass is 10.5. The summed E-state index contributed by atoms with van der Waals surface area (Å²) in [5, 5.41) is 1.35. The summed E-state index contributed by atoms with van der Waals surface area (Å²) in [6, 6.07) is 1.74. The van der Waals surface area contributed by atoms with E-state index in [9.17, 15) is 0 Å². The van der Waals surface area contributed by atoms with E-state index in [2.05, 4.69) is 0 Å². The fraction of sp³-hybridized carbons (Fsp3) is 0.333. The third-order valence-corrected chi connectivity index (χ3v) is 1.82. The van der Waals surface area contributed by atoms with Crippen LogP contribution in [0.25, 0.3) is 0 Å². The summed E-state index contributed by atoms with van der Waals surface area (Å²) >= 11 is 1.34. The van der Waals surface area contributed by atoms with Crippen LogP contribution in [0.5, 0.6) is 5.75 Å². The van der Waals surface area contributed by atoms with Gasteiger partial charge in [-0.25, -0.2) is 0 Å². The van der Waals surface area contributed by atoms with Crippen LogP contribution in [0.15, 0.2) is 6.07 Å². The second-order valence-corrected chi connectivity index (χ2v) is 2.93. The molecule has 0 amide bonds. The van der Waals surface area contributed by atoms with Crippen molar-refractivity contribution < 1.29 is 4.74 Å². The number of ether oxygens (including phenoxy) is 1. The molecule has 0 aromatic carbocycles. The SMILES string of the molecule is CCOc1cc(N)sc1N. The summed E-state index contributed by atoms with van der Waals surface area (Å²) in [6.07, 6.45) is 0. The average molecular weight is 158 g/mol. The highest BCUT2D eigenvalue weighted by Gasteiger charge is 2.02. The second kappa shape index (κ2) is 2.79. The smallest absolute Gasteiger partial charge is 0.155 e. The zero-order valence-corrected chi connectivity index (χ0v) is 6.57. The van der Waals surface area contributed by atoms with Crippen molar-refractivity contribution in [3.8, 4) is 5.75 Å². The van der Waals surface area contributed by atoms with Gasteiger partial charge in [0.1, 0.15) is 5.00 Å². The minimum Gasteiger partial charge on any atom is -0.491 e. The van der Waals surface area contributed by atoms with E-state index in [1.165, 1.54) is 11.3 Å². The lowest BCUT2D eigenvalue weighted by Crippen LogP contribution is -1.92. The number of hydrogen-bond donors (Lipinski definition) is 2. The average Bonchev–Trinajstić information content (AvgIpc) is 2.13. The van der Waals surface area contributed by atoms with Crippen molar-refractivity contribution in [3.05, 3.63) is 6.07 Å². The van der Waals surface area contributed by atoms with E-state index in [0.29, 0.717) is 22.4 Å². The van der Waals surface area contributed by atoms with Gasteiger partial charge >= 0.3 is 0 Å². The van der Waals surface area contributed by atoms with E-state index in [1.54, 1.807) is 6.07 Å². The van der Waals surface area contributed by atoms with E-state index in [0.717, 1.165) is 0 Å². The fourth-order valence-corrected chi connectivity index (χ4v) is 1.31. The molecule has 0 unspecified atom stereocenters. The molecule has 0 saturated heterocycles. The maximum Gasteiger partial charge on any atom is 0.155 e. The molecule has 1 rings (SSSR count). The molecule has 3 nitrogen and oxygen atoms in total. The monoisotopic (exact) mass is 158 g/mol. The van der Waals surface area contributed by atoms with Crippen LogP contribution in [0.3, 0.4) is 0 Å². The molecule has 0 spiro atoms. The zero-order chi connectivity index (χ0) is 7.56. The number of rotatable bonds is 2. The summed E-state index contributed by atoms with van der Waals surface area (Å²) < 4.78 is 5.16. The Morgan fingerprint density at radius 2 is 2.30 bits per heavy atom. The van der Waals surface area contributed by atoms with Crippen molar-refractivity contribution in [2.45, 2.75) is 6.92 Å². The first-order chi connectivity index (χ1) is 4.74. The maximum atomic E-state index is 5.54. The predicted octanol–water partition coefficient (Wildman–Crippen LogP) is 1.31. The van der Waals surface area contributed by atoms with Crippen molar-refractivity contribution in [2.75, 3.05) is 18.1 Å². The van der Waals surface area contributed by atoms with Gasteiger partial charge in [0.25, 0.3) is 0 Å². The Morgan fingerprint density at radius 1 is 1.60 bits per heavy atom. The van der Waals surface area contributed by atoms with E-state index >= 15 is 0 Å². The Labute approximate surface area is 63.6 Å². The molecule has 0 aliphatic heterocycles. The van der Waals surface area contributed by atoms with E-state index in [1.807, 2.05) is 6.92 Å². The molecule has 0 fully saturated rings. The lowest BCUT2D eigenvalue weighted by Gasteiger charge is -1.97. The third kappa shape index (κ3) is 1.33. The summed E-state index contributed by atoms with van der Waals surface area (Å²) in [4.78, 5) is 0. The van der Waals surface area contributed by atoms with E-state index in [-0.39, 0.29) is 0 Å². The van der Waals surface area contributed by atoms with Crippen LogP contribution in [-0.4, -0.2) is 6.61 Å². The number of nitrogen functional groups attached to an aromatic ring is 2. The molecule has 0 bridgehead atoms. The Balaban J connectivity index is 2.81. The van der Waals surface area contributed by atoms with E-state index in [4.69, 9.17) is 16.2 Å². The molecule has 0 atom stereocenters. The van der Waals surface area contributed by atoms with Crippen LogP contribution in [0.4, 0.5) is 10.0 Å². The highest BCUT2D eigenvalue weighted by molar-refractivity contribution is 7.20. The topological polar surface area (TPSA) is 61.3 Å². The van der Waals surface area contributed by atoms with Gasteiger partial charge in [-0.1, -0.05) is 11.3 Å². The van der Waals surface area contributed by atoms with Crippen LogP contribution in [0, 0.1) is 0 Å². The summed E-state index contributed by atoms with van der Waals surface area (Å²) in [5.74, 6) is 0.699. The maximum absolute atomic E-state index is 5.54. The fourth-order valence-electron chi connectivity index (χ4n) is 0.675. The number of nitrogens with two attached hydrogens (primary N) is 2. The van der Waals surface area contributed by atoms with Crippen LogP contribution in [0.1, 0.15) is 6.92 Å². The molecule has 0 aliphatic rings. The van der Waals surface area contributed by atoms with Crippen molar-refractivity contribution in [1.82, 2.24) is 0 Å². The largest absolute Gasteiger partial charge is 0.491 e. The Kier molecular flexibility index (Phi) is 2.01. The van der Waals surface area contributed by atoms with Crippen LogP contribution >= 0.6 is 11.3 Å². The summed E-state index contributed by atoms with van der Waals surface area (Å²) in [5.41, 5.74) is 11.0. The van der Waals surface area contributed by atoms with Crippen molar-refractivity contribution in [2.24, 2.45) is 0 Å². The first-order valence-corrected chi connectivity index (χ1v) is 3.83. The minimum atomic E-state index is 0.625. The van der Waals surface area contributed by atoms with Crippen LogP contribution in [0.2, 0.25) is 0 Å². The third-order valence-electron chi connectivity index (χ3n) is 1.04. The lowest BCUT2D eigenvalue weighted by molar-refractivity contribution is 0.343. The molecule has 4 N–H and O–H groups in total. The molecule has 1 heterocycles. The van der Waals surface area contributed by atoms with Gasteiger partial charge in [0, 0.05) is 6.07 Å². The zero-order valence-electron chi connectivity index (χ0n) is 5.76. The molecule has 0 aliphatic carbocycles.